The molecule has 3 N–H and O–H groups in total. The summed E-state index contributed by atoms with van der Waals surface area (Å²) < 4.78 is 43.7. The fourth-order valence-corrected chi connectivity index (χ4v) is 5.79. The van der Waals surface area contributed by atoms with E-state index in [4.69, 9.17) is 21.1 Å². The molecule has 3 aromatic rings. The molecule has 9 heteroatoms. The van der Waals surface area contributed by atoms with Crippen molar-refractivity contribution in [1.82, 2.24) is 10.6 Å². The third kappa shape index (κ3) is 4.11. The van der Waals surface area contributed by atoms with Crippen LogP contribution in [-0.2, 0) is 5.60 Å². The smallest absolute Gasteiger partial charge is 0.251 e. The molecule has 1 amide bonds. The maximum absolute atomic E-state index is 16.2. The van der Waals surface area contributed by atoms with Gasteiger partial charge in [0, 0.05) is 35.7 Å². The zero-order chi connectivity index (χ0) is 27.2. The van der Waals surface area contributed by atoms with E-state index >= 15 is 8.78 Å². The van der Waals surface area contributed by atoms with Gasteiger partial charge in [0.15, 0.2) is 17.2 Å². The molecule has 200 valence electrons. The fourth-order valence-electron chi connectivity index (χ4n) is 5.54. The van der Waals surface area contributed by atoms with Crippen molar-refractivity contribution in [2.45, 2.75) is 43.9 Å². The minimum atomic E-state index is -0.905. The van der Waals surface area contributed by atoms with Gasteiger partial charge in [0.05, 0.1) is 22.7 Å². The van der Waals surface area contributed by atoms with E-state index in [1.807, 2.05) is 37.3 Å². The van der Waals surface area contributed by atoms with Crippen LogP contribution in [0.1, 0.15) is 47.7 Å². The van der Waals surface area contributed by atoms with Crippen molar-refractivity contribution >= 4 is 17.5 Å². The molecule has 1 fully saturated rings. The van der Waals surface area contributed by atoms with E-state index in [9.17, 15) is 9.90 Å². The molecule has 0 aromatic heterocycles. The second-order valence-electron chi connectivity index (χ2n) is 9.78. The maximum atomic E-state index is 16.2. The number of hydrogen-bond acceptors (Lipinski definition) is 5. The highest BCUT2D eigenvalue weighted by Crippen LogP contribution is 2.58. The second-order valence-corrected chi connectivity index (χ2v) is 10.2. The van der Waals surface area contributed by atoms with Crippen molar-refractivity contribution < 1.29 is 28.2 Å². The Hall–Kier alpha value is -3.20. The fraction of sp³-hybridized carbons (Fsp3) is 0.345. The van der Waals surface area contributed by atoms with E-state index in [2.05, 4.69) is 10.6 Å². The number of rotatable bonds is 7. The normalized spacial score (nSPS) is 22.7. The topological polar surface area (TPSA) is 79.8 Å². The van der Waals surface area contributed by atoms with E-state index in [1.54, 1.807) is 0 Å². The lowest BCUT2D eigenvalue weighted by molar-refractivity contribution is 0.000847. The molecule has 1 saturated heterocycles. The second kappa shape index (κ2) is 10.2. The minimum Gasteiger partial charge on any atom is -0.488 e. The quantitative estimate of drug-likeness (QED) is 0.384. The van der Waals surface area contributed by atoms with Gasteiger partial charge in [-0.15, -0.1) is 0 Å². The van der Waals surface area contributed by atoms with Crippen LogP contribution in [0.3, 0.4) is 0 Å². The van der Waals surface area contributed by atoms with Crippen molar-refractivity contribution in [1.29, 1.82) is 0 Å². The number of aliphatic hydroxyl groups is 1. The zero-order valence-electron chi connectivity index (χ0n) is 21.3. The third-order valence-electron chi connectivity index (χ3n) is 7.45. The lowest BCUT2D eigenvalue weighted by atomic mass is 9.71. The van der Waals surface area contributed by atoms with Crippen LogP contribution in [0.5, 0.6) is 11.5 Å². The number of nitrogens with one attached hydrogen (secondary N) is 2. The lowest BCUT2D eigenvalue weighted by Gasteiger charge is -2.46. The van der Waals surface area contributed by atoms with Crippen LogP contribution in [0.4, 0.5) is 8.78 Å². The first-order valence-electron chi connectivity index (χ1n) is 12.6. The summed E-state index contributed by atoms with van der Waals surface area (Å²) in [5.41, 5.74) is 0.321. The molecular weight excluding hydrogens is 514 g/mol. The molecule has 0 radical (unpaired) electrons. The Morgan fingerprint density at radius 1 is 1.26 bits per heavy atom. The van der Waals surface area contributed by atoms with Gasteiger partial charge >= 0.3 is 0 Å². The van der Waals surface area contributed by atoms with Gasteiger partial charge in [-0.3, -0.25) is 4.79 Å². The first-order valence-corrected chi connectivity index (χ1v) is 12.9. The Morgan fingerprint density at radius 2 is 1.97 bits per heavy atom. The van der Waals surface area contributed by atoms with Crippen LogP contribution in [-0.4, -0.2) is 43.4 Å². The number of carbonyl (C=O) groups excluding carboxylic acids is 1. The zero-order valence-corrected chi connectivity index (χ0v) is 22.0. The predicted molar refractivity (Wildman–Crippen MR) is 141 cm³/mol. The molecule has 0 unspecified atom stereocenters. The minimum absolute atomic E-state index is 0.0322. The molecule has 2 aliphatic heterocycles. The van der Waals surface area contributed by atoms with E-state index in [0.29, 0.717) is 5.56 Å². The molecule has 4 atom stereocenters. The Labute approximate surface area is 224 Å². The molecule has 0 saturated carbocycles. The Balaban J connectivity index is 1.77. The molecule has 2 heterocycles. The molecular formula is C29H29ClF2N2O4. The van der Waals surface area contributed by atoms with Crippen molar-refractivity contribution in [3.63, 3.8) is 0 Å². The summed E-state index contributed by atoms with van der Waals surface area (Å²) in [6.07, 6.45) is -0.0207. The summed E-state index contributed by atoms with van der Waals surface area (Å²) in [4.78, 5) is 12.9. The van der Waals surface area contributed by atoms with Crippen molar-refractivity contribution in [2.24, 2.45) is 0 Å². The van der Waals surface area contributed by atoms with Crippen LogP contribution in [0.2, 0.25) is 5.02 Å². The number of carbonyl (C=O) groups is 1. The van der Waals surface area contributed by atoms with Crippen LogP contribution < -0.4 is 20.1 Å². The number of aliphatic hydroxyl groups excluding tert-OH is 1. The maximum Gasteiger partial charge on any atom is 0.251 e. The average molecular weight is 543 g/mol. The highest BCUT2D eigenvalue weighted by atomic mass is 35.5. The molecule has 0 bridgehead atoms. The summed E-state index contributed by atoms with van der Waals surface area (Å²) in [6.45, 7) is 4.09. The van der Waals surface area contributed by atoms with Crippen molar-refractivity contribution in [3.8, 4) is 22.6 Å². The third-order valence-corrected chi connectivity index (χ3v) is 7.82. The number of hydrogen-bond donors (Lipinski definition) is 3. The molecule has 6 nitrogen and oxygen atoms in total. The van der Waals surface area contributed by atoms with Gasteiger partial charge in [-0.2, -0.15) is 0 Å². The molecule has 38 heavy (non-hydrogen) atoms. The first kappa shape index (κ1) is 26.4. The molecule has 5 rings (SSSR count). The summed E-state index contributed by atoms with van der Waals surface area (Å²) >= 11 is 6.59. The number of halogens is 3. The van der Waals surface area contributed by atoms with Gasteiger partial charge < -0.3 is 25.2 Å². The van der Waals surface area contributed by atoms with E-state index in [1.165, 1.54) is 32.2 Å². The monoisotopic (exact) mass is 542 g/mol. The van der Waals surface area contributed by atoms with Crippen LogP contribution in [0.15, 0.2) is 48.5 Å². The van der Waals surface area contributed by atoms with Crippen molar-refractivity contribution in [2.75, 3.05) is 20.2 Å². The highest BCUT2D eigenvalue weighted by molar-refractivity contribution is 6.34. The van der Waals surface area contributed by atoms with Gasteiger partial charge in [-0.05, 0) is 37.6 Å². The molecule has 2 aliphatic rings. The van der Waals surface area contributed by atoms with Gasteiger partial charge in [-0.25, -0.2) is 8.78 Å². The highest BCUT2D eigenvalue weighted by Gasteiger charge is 2.56. The Morgan fingerprint density at radius 3 is 2.58 bits per heavy atom. The number of ether oxygens (including phenoxy) is 2. The van der Waals surface area contributed by atoms with Crippen LogP contribution in [0.25, 0.3) is 11.1 Å². The van der Waals surface area contributed by atoms with Gasteiger partial charge in [0.25, 0.3) is 5.91 Å². The Bertz CT molecular complexity index is 1380. The largest absolute Gasteiger partial charge is 0.488 e. The van der Waals surface area contributed by atoms with E-state index in [-0.39, 0.29) is 45.9 Å². The van der Waals surface area contributed by atoms with Gasteiger partial charge in [0.1, 0.15) is 18.2 Å². The summed E-state index contributed by atoms with van der Waals surface area (Å²) in [7, 11) is 1.42. The summed E-state index contributed by atoms with van der Waals surface area (Å²) in [6, 6.07) is 13.5. The molecule has 0 spiro atoms. The lowest BCUT2D eigenvalue weighted by Crippen LogP contribution is -2.60. The number of fused-ring (bicyclic) bond motifs is 1. The molecule has 3 aromatic carbocycles. The SMILES string of the molecule is CNC(=O)c1ccc(OC[C@H](C)O)c(F)c1-c1c(Cl)c(F)cc2c1[C@H](C)[C@](c1ccccc1)([C@@H]1CCN1)O2. The van der Waals surface area contributed by atoms with Gasteiger partial charge in [-0.1, -0.05) is 48.9 Å². The van der Waals surface area contributed by atoms with Crippen molar-refractivity contribution in [3.05, 3.63) is 81.9 Å². The number of amides is 1. The standard InChI is InChI=1S/C29H29ClF2N2O4/c1-15(35)14-37-20-10-9-18(28(36)33-3)24(27(20)32)25-23-16(2)29(22-11-12-34-22,17-7-5-4-6-8-17)38-21(23)13-19(31)26(25)30/h4-10,13,15-16,22,34-35H,11-12,14H2,1-3H3,(H,33,36)/t15-,16-,22-,29-/m0/s1. The summed E-state index contributed by atoms with van der Waals surface area (Å²) in [5, 5.41) is 15.3. The van der Waals surface area contributed by atoms with Crippen LogP contribution >= 0.6 is 11.6 Å². The first-order chi connectivity index (χ1) is 18.2. The predicted octanol–water partition coefficient (Wildman–Crippen LogP) is 5.16. The van der Waals surface area contributed by atoms with E-state index < -0.39 is 35.2 Å². The van der Waals surface area contributed by atoms with Crippen LogP contribution in [0, 0.1) is 11.6 Å². The average Bonchev–Trinajstić information content (AvgIpc) is 3.15. The number of benzene rings is 3. The molecule has 0 aliphatic carbocycles. The summed E-state index contributed by atoms with van der Waals surface area (Å²) in [5.74, 6) is -2.60. The Kier molecular flexibility index (Phi) is 7.07. The van der Waals surface area contributed by atoms with Gasteiger partial charge in [0.2, 0.25) is 0 Å². The van der Waals surface area contributed by atoms with E-state index in [0.717, 1.165) is 18.5 Å².